The molecular formula is C25H23F3O4S. The average Bonchev–Trinajstić information content (AvgIpc) is 2.77. The third kappa shape index (κ3) is 7.18. The second kappa shape index (κ2) is 11.1. The van der Waals surface area contributed by atoms with Crippen LogP contribution < -0.4 is 9.47 Å². The summed E-state index contributed by atoms with van der Waals surface area (Å²) in [6.07, 6.45) is -3.89. The Bertz CT molecular complexity index is 1080. The number of methoxy groups -OCH3 is 1. The summed E-state index contributed by atoms with van der Waals surface area (Å²) in [5.74, 6) is 0.913. The smallest absolute Gasteiger partial charge is 0.416 e. The first kappa shape index (κ1) is 24.5. The summed E-state index contributed by atoms with van der Waals surface area (Å²) in [5.41, 5.74) is 1.29. The maximum atomic E-state index is 13.3. The van der Waals surface area contributed by atoms with Crippen LogP contribution in [0.4, 0.5) is 13.2 Å². The molecule has 174 valence electrons. The zero-order chi connectivity index (χ0) is 23.8. The molecule has 0 unspecified atom stereocenters. The number of alkyl halides is 3. The molecule has 3 aromatic rings. The number of carboxylic acid groups (broad SMARTS) is 1. The minimum Gasteiger partial charge on any atom is -0.493 e. The van der Waals surface area contributed by atoms with Crippen molar-refractivity contribution in [3.05, 3.63) is 89.0 Å². The number of ether oxygens (including phenoxy) is 2. The van der Waals surface area contributed by atoms with E-state index in [1.165, 1.54) is 31.0 Å². The highest BCUT2D eigenvalue weighted by Gasteiger charge is 2.31. The van der Waals surface area contributed by atoms with Gasteiger partial charge in [-0.3, -0.25) is 4.79 Å². The first-order valence-electron chi connectivity index (χ1n) is 10.1. The van der Waals surface area contributed by atoms with Crippen LogP contribution >= 0.6 is 11.8 Å². The van der Waals surface area contributed by atoms with Crippen LogP contribution in [0.2, 0.25) is 0 Å². The lowest BCUT2D eigenvalue weighted by Gasteiger charge is -2.16. The molecular weight excluding hydrogens is 453 g/mol. The van der Waals surface area contributed by atoms with Crippen LogP contribution in [0, 0.1) is 0 Å². The van der Waals surface area contributed by atoms with E-state index in [4.69, 9.17) is 14.6 Å². The van der Waals surface area contributed by atoms with Crippen LogP contribution in [0.1, 0.15) is 22.3 Å². The van der Waals surface area contributed by atoms with Gasteiger partial charge in [-0.1, -0.05) is 36.4 Å². The zero-order valence-corrected chi connectivity index (χ0v) is 18.7. The maximum absolute atomic E-state index is 13.3. The molecule has 3 aromatic carbocycles. The van der Waals surface area contributed by atoms with Gasteiger partial charge in [-0.05, 0) is 53.6 Å². The van der Waals surface area contributed by atoms with E-state index in [0.29, 0.717) is 22.6 Å². The minimum absolute atomic E-state index is 0.213. The molecule has 0 fully saturated rings. The number of aliphatic carboxylic acids is 1. The van der Waals surface area contributed by atoms with Crippen molar-refractivity contribution >= 4 is 17.7 Å². The summed E-state index contributed by atoms with van der Waals surface area (Å²) in [7, 11) is 1.44. The number of aryl methyl sites for hydroxylation is 1. The molecule has 0 aliphatic rings. The molecule has 0 spiro atoms. The molecule has 8 heteroatoms. The van der Waals surface area contributed by atoms with Crippen LogP contribution in [0.5, 0.6) is 17.2 Å². The SMILES string of the molecule is COc1ccc(CC(=O)O)cc1Oc1ccc(C(F)(F)F)cc1CSCCc1ccccc1. The fourth-order valence-electron chi connectivity index (χ4n) is 3.19. The molecule has 3 rings (SSSR count). The Morgan fingerprint density at radius 2 is 1.67 bits per heavy atom. The van der Waals surface area contributed by atoms with Gasteiger partial charge >= 0.3 is 12.1 Å². The van der Waals surface area contributed by atoms with Gasteiger partial charge in [-0.2, -0.15) is 24.9 Å². The van der Waals surface area contributed by atoms with Gasteiger partial charge in [0.1, 0.15) is 5.75 Å². The van der Waals surface area contributed by atoms with Crippen molar-refractivity contribution in [1.29, 1.82) is 0 Å². The molecule has 33 heavy (non-hydrogen) atoms. The highest BCUT2D eigenvalue weighted by molar-refractivity contribution is 7.98. The van der Waals surface area contributed by atoms with Crippen molar-refractivity contribution < 1.29 is 32.5 Å². The largest absolute Gasteiger partial charge is 0.493 e. The van der Waals surface area contributed by atoms with E-state index in [2.05, 4.69) is 0 Å². The van der Waals surface area contributed by atoms with Gasteiger partial charge in [-0.25, -0.2) is 0 Å². The Hall–Kier alpha value is -3.13. The van der Waals surface area contributed by atoms with E-state index in [1.807, 2.05) is 30.3 Å². The van der Waals surface area contributed by atoms with E-state index in [1.54, 1.807) is 12.1 Å². The highest BCUT2D eigenvalue weighted by Crippen LogP contribution is 2.38. The molecule has 0 amide bonds. The summed E-state index contributed by atoms with van der Waals surface area (Å²) < 4.78 is 51.1. The first-order chi connectivity index (χ1) is 15.8. The Labute approximate surface area is 194 Å². The zero-order valence-electron chi connectivity index (χ0n) is 17.9. The fourth-order valence-corrected chi connectivity index (χ4v) is 4.16. The number of halogens is 3. The van der Waals surface area contributed by atoms with Crippen molar-refractivity contribution in [2.45, 2.75) is 24.8 Å². The normalized spacial score (nSPS) is 11.3. The lowest BCUT2D eigenvalue weighted by atomic mass is 10.1. The van der Waals surface area contributed by atoms with Crippen LogP contribution in [-0.2, 0) is 29.6 Å². The molecule has 1 N–H and O–H groups in total. The van der Waals surface area contributed by atoms with Crippen LogP contribution in [0.25, 0.3) is 0 Å². The first-order valence-corrected chi connectivity index (χ1v) is 11.3. The number of hydrogen-bond acceptors (Lipinski definition) is 4. The molecule has 0 aliphatic heterocycles. The van der Waals surface area contributed by atoms with E-state index in [-0.39, 0.29) is 17.9 Å². The quantitative estimate of drug-likeness (QED) is 0.334. The number of rotatable bonds is 10. The number of carboxylic acids is 1. The molecule has 0 aliphatic carbocycles. The lowest BCUT2D eigenvalue weighted by molar-refractivity contribution is -0.138. The number of hydrogen-bond donors (Lipinski definition) is 1. The molecule has 4 nitrogen and oxygen atoms in total. The third-order valence-corrected chi connectivity index (χ3v) is 5.83. The number of benzene rings is 3. The highest BCUT2D eigenvalue weighted by atomic mass is 32.2. The van der Waals surface area contributed by atoms with Gasteiger partial charge < -0.3 is 14.6 Å². The Balaban J connectivity index is 1.82. The van der Waals surface area contributed by atoms with Gasteiger partial charge in [0.05, 0.1) is 19.1 Å². The molecule has 0 heterocycles. The Morgan fingerprint density at radius 1 is 0.939 bits per heavy atom. The predicted molar refractivity (Wildman–Crippen MR) is 122 cm³/mol. The minimum atomic E-state index is -4.47. The molecule has 0 radical (unpaired) electrons. The van der Waals surface area contributed by atoms with Crippen molar-refractivity contribution in [2.75, 3.05) is 12.9 Å². The van der Waals surface area contributed by atoms with E-state index in [9.17, 15) is 18.0 Å². The molecule has 0 saturated heterocycles. The molecule has 0 saturated carbocycles. The van der Waals surface area contributed by atoms with E-state index < -0.39 is 17.7 Å². The summed E-state index contributed by atoms with van der Waals surface area (Å²) >= 11 is 1.51. The molecule has 0 aromatic heterocycles. The predicted octanol–water partition coefficient (Wildman–Crippen LogP) is 6.61. The van der Waals surface area contributed by atoms with Crippen molar-refractivity contribution in [3.8, 4) is 17.2 Å². The van der Waals surface area contributed by atoms with Crippen molar-refractivity contribution in [2.24, 2.45) is 0 Å². The van der Waals surface area contributed by atoms with Gasteiger partial charge in [-0.15, -0.1) is 0 Å². The topological polar surface area (TPSA) is 55.8 Å². The van der Waals surface area contributed by atoms with Gasteiger partial charge in [0.2, 0.25) is 0 Å². The second-order valence-electron chi connectivity index (χ2n) is 7.27. The van der Waals surface area contributed by atoms with Crippen molar-refractivity contribution in [3.63, 3.8) is 0 Å². The Kier molecular flexibility index (Phi) is 8.27. The van der Waals surface area contributed by atoms with Gasteiger partial charge in [0.25, 0.3) is 0 Å². The van der Waals surface area contributed by atoms with Crippen molar-refractivity contribution in [1.82, 2.24) is 0 Å². The summed E-state index contributed by atoms with van der Waals surface area (Å²) in [6, 6.07) is 17.9. The van der Waals surface area contributed by atoms with E-state index in [0.717, 1.165) is 29.9 Å². The van der Waals surface area contributed by atoms with Gasteiger partial charge in [0, 0.05) is 11.3 Å². The van der Waals surface area contributed by atoms with Crippen LogP contribution in [-0.4, -0.2) is 23.9 Å². The summed E-state index contributed by atoms with van der Waals surface area (Å²) in [6.45, 7) is 0. The second-order valence-corrected chi connectivity index (χ2v) is 8.37. The van der Waals surface area contributed by atoms with Crippen LogP contribution in [0.3, 0.4) is 0 Å². The Morgan fingerprint density at radius 3 is 2.33 bits per heavy atom. The monoisotopic (exact) mass is 476 g/mol. The van der Waals surface area contributed by atoms with Gasteiger partial charge in [0.15, 0.2) is 11.5 Å². The lowest BCUT2D eigenvalue weighted by Crippen LogP contribution is -2.06. The third-order valence-electron chi connectivity index (χ3n) is 4.83. The molecule has 0 atom stereocenters. The average molecular weight is 477 g/mol. The maximum Gasteiger partial charge on any atom is 0.416 e. The summed E-state index contributed by atoms with van der Waals surface area (Å²) in [5, 5.41) is 9.05. The fraction of sp³-hybridized carbons (Fsp3) is 0.240. The molecule has 0 bridgehead atoms. The number of carbonyl (C=O) groups is 1. The van der Waals surface area contributed by atoms with Crippen LogP contribution in [0.15, 0.2) is 66.7 Å². The van der Waals surface area contributed by atoms with E-state index >= 15 is 0 Å². The standard InChI is InChI=1S/C25H23F3O4S/c1-31-22-9-7-18(14-24(29)30)13-23(22)32-21-10-8-20(25(26,27)28)15-19(21)16-33-12-11-17-5-3-2-4-6-17/h2-10,13,15H,11-12,14,16H2,1H3,(H,29,30). The summed E-state index contributed by atoms with van der Waals surface area (Å²) in [4.78, 5) is 11.0. The number of thioether (sulfide) groups is 1.